The zero-order chi connectivity index (χ0) is 12.9. The van der Waals surface area contributed by atoms with Gasteiger partial charge in [0.15, 0.2) is 0 Å². The zero-order valence-electron chi connectivity index (χ0n) is 10.5. The molecule has 0 aromatic carbocycles. The van der Waals surface area contributed by atoms with E-state index >= 15 is 0 Å². The third-order valence-electron chi connectivity index (χ3n) is 2.67. The number of hydrogen-bond donors (Lipinski definition) is 3. The molecule has 1 fully saturated rings. The van der Waals surface area contributed by atoms with Gasteiger partial charge in [-0.15, -0.1) is 0 Å². The summed E-state index contributed by atoms with van der Waals surface area (Å²) in [4.78, 5) is 24.3. The maximum absolute atomic E-state index is 11.9. The molecular weight excluding hydrogens is 222 g/mol. The van der Waals surface area contributed by atoms with Crippen LogP contribution >= 0.6 is 0 Å². The Kier molecular flexibility index (Phi) is 4.74. The Bertz CT molecular complexity index is 284. The molecule has 1 saturated heterocycles. The van der Waals surface area contributed by atoms with Gasteiger partial charge in [-0.2, -0.15) is 0 Å². The Morgan fingerprint density at radius 1 is 1.35 bits per heavy atom. The molecular formula is C11H21N3O3. The van der Waals surface area contributed by atoms with Crippen LogP contribution in [0.5, 0.6) is 0 Å². The number of carbonyl (C=O) groups is 2. The average Bonchev–Trinajstić information content (AvgIpc) is 2.41. The van der Waals surface area contributed by atoms with E-state index in [-0.39, 0.29) is 12.5 Å². The molecule has 0 spiro atoms. The standard InChI is InChI=1S/C11H21N3O3/c1-11(2,8-9(15)16)13-10(17)14-6-3-4-12-5-7-14/h12H,3-8H2,1-2H3,(H,13,17)(H,15,16). The molecule has 0 unspecified atom stereocenters. The van der Waals surface area contributed by atoms with Crippen molar-refractivity contribution in [1.82, 2.24) is 15.5 Å². The predicted octanol–water partition coefficient (Wildman–Crippen LogP) is 0.245. The van der Waals surface area contributed by atoms with Crippen LogP contribution in [0.2, 0.25) is 0 Å². The average molecular weight is 243 g/mol. The summed E-state index contributed by atoms with van der Waals surface area (Å²) in [6.45, 7) is 6.51. The van der Waals surface area contributed by atoms with Crippen molar-refractivity contribution in [2.24, 2.45) is 0 Å². The predicted molar refractivity (Wildman–Crippen MR) is 63.9 cm³/mol. The van der Waals surface area contributed by atoms with Gasteiger partial charge in [-0.1, -0.05) is 0 Å². The SMILES string of the molecule is CC(C)(CC(=O)O)NC(=O)N1CCCNCC1. The Morgan fingerprint density at radius 3 is 2.71 bits per heavy atom. The first-order valence-electron chi connectivity index (χ1n) is 5.90. The highest BCUT2D eigenvalue weighted by atomic mass is 16.4. The normalized spacial score (nSPS) is 17.4. The highest BCUT2D eigenvalue weighted by Crippen LogP contribution is 2.09. The molecule has 0 radical (unpaired) electrons. The van der Waals surface area contributed by atoms with Gasteiger partial charge in [0.05, 0.1) is 6.42 Å². The van der Waals surface area contributed by atoms with E-state index in [9.17, 15) is 9.59 Å². The Balaban J connectivity index is 2.48. The largest absolute Gasteiger partial charge is 0.481 e. The molecule has 1 aliphatic heterocycles. The highest BCUT2D eigenvalue weighted by Gasteiger charge is 2.26. The van der Waals surface area contributed by atoms with Crippen molar-refractivity contribution < 1.29 is 14.7 Å². The summed E-state index contributed by atoms with van der Waals surface area (Å²) < 4.78 is 0. The number of aliphatic carboxylic acids is 1. The third kappa shape index (κ3) is 5.04. The maximum Gasteiger partial charge on any atom is 0.317 e. The molecule has 0 aromatic rings. The van der Waals surface area contributed by atoms with Crippen LogP contribution in [0.3, 0.4) is 0 Å². The minimum atomic E-state index is -0.909. The van der Waals surface area contributed by atoms with Gasteiger partial charge in [0.25, 0.3) is 0 Å². The molecule has 2 amide bonds. The van der Waals surface area contributed by atoms with E-state index in [4.69, 9.17) is 5.11 Å². The van der Waals surface area contributed by atoms with Gasteiger partial charge in [-0.05, 0) is 26.8 Å². The number of carbonyl (C=O) groups excluding carboxylic acids is 1. The van der Waals surface area contributed by atoms with E-state index in [0.29, 0.717) is 13.1 Å². The minimum Gasteiger partial charge on any atom is -0.481 e. The maximum atomic E-state index is 11.9. The number of nitrogens with zero attached hydrogens (tertiary/aromatic N) is 1. The minimum absolute atomic E-state index is 0.0785. The topological polar surface area (TPSA) is 81.7 Å². The summed E-state index contributed by atoms with van der Waals surface area (Å²) >= 11 is 0. The van der Waals surface area contributed by atoms with Crippen LogP contribution in [0.15, 0.2) is 0 Å². The Morgan fingerprint density at radius 2 is 2.06 bits per heavy atom. The molecule has 6 nitrogen and oxygen atoms in total. The number of hydrogen-bond acceptors (Lipinski definition) is 3. The van der Waals surface area contributed by atoms with E-state index < -0.39 is 11.5 Å². The zero-order valence-corrected chi connectivity index (χ0v) is 10.5. The first kappa shape index (κ1) is 13.8. The summed E-state index contributed by atoms with van der Waals surface area (Å²) in [6, 6.07) is -0.181. The van der Waals surface area contributed by atoms with E-state index in [1.54, 1.807) is 18.7 Å². The van der Waals surface area contributed by atoms with E-state index in [1.807, 2.05) is 0 Å². The van der Waals surface area contributed by atoms with Crippen LogP contribution in [-0.4, -0.2) is 53.7 Å². The van der Waals surface area contributed by atoms with Gasteiger partial charge in [-0.3, -0.25) is 4.79 Å². The quantitative estimate of drug-likeness (QED) is 0.663. The summed E-state index contributed by atoms with van der Waals surface area (Å²) in [5.74, 6) is -0.909. The van der Waals surface area contributed by atoms with Crippen LogP contribution in [0.4, 0.5) is 4.79 Å². The second kappa shape index (κ2) is 5.86. The monoisotopic (exact) mass is 243 g/mol. The van der Waals surface area contributed by atoms with E-state index in [2.05, 4.69) is 10.6 Å². The number of urea groups is 1. The number of carboxylic acids is 1. The summed E-state index contributed by atoms with van der Waals surface area (Å²) in [6.07, 6.45) is 0.845. The highest BCUT2D eigenvalue weighted by molar-refractivity contribution is 5.76. The van der Waals surface area contributed by atoms with E-state index in [0.717, 1.165) is 19.5 Å². The Labute approximate surface area is 101 Å². The molecule has 1 heterocycles. The van der Waals surface area contributed by atoms with Crippen molar-refractivity contribution in [2.75, 3.05) is 26.2 Å². The molecule has 6 heteroatoms. The smallest absolute Gasteiger partial charge is 0.317 e. The van der Waals surface area contributed by atoms with Gasteiger partial charge >= 0.3 is 12.0 Å². The number of rotatable bonds is 3. The lowest BCUT2D eigenvalue weighted by molar-refractivity contribution is -0.138. The first-order valence-corrected chi connectivity index (χ1v) is 5.90. The van der Waals surface area contributed by atoms with Crippen LogP contribution in [0.1, 0.15) is 26.7 Å². The van der Waals surface area contributed by atoms with Crippen molar-refractivity contribution in [3.05, 3.63) is 0 Å². The number of carboxylic acid groups (broad SMARTS) is 1. The number of amides is 2. The van der Waals surface area contributed by atoms with Crippen LogP contribution < -0.4 is 10.6 Å². The molecule has 0 aromatic heterocycles. The van der Waals surface area contributed by atoms with Gasteiger partial charge in [0.1, 0.15) is 0 Å². The lowest BCUT2D eigenvalue weighted by Crippen LogP contribution is -2.51. The van der Waals surface area contributed by atoms with Crippen molar-refractivity contribution in [3.63, 3.8) is 0 Å². The summed E-state index contributed by atoms with van der Waals surface area (Å²) in [5, 5.41) is 14.7. The van der Waals surface area contributed by atoms with Crippen molar-refractivity contribution in [1.29, 1.82) is 0 Å². The van der Waals surface area contributed by atoms with Crippen LogP contribution in [-0.2, 0) is 4.79 Å². The third-order valence-corrected chi connectivity index (χ3v) is 2.67. The fraction of sp³-hybridized carbons (Fsp3) is 0.818. The molecule has 17 heavy (non-hydrogen) atoms. The van der Waals surface area contributed by atoms with Crippen molar-refractivity contribution >= 4 is 12.0 Å². The van der Waals surface area contributed by atoms with Crippen LogP contribution in [0.25, 0.3) is 0 Å². The lowest BCUT2D eigenvalue weighted by atomic mass is 10.0. The fourth-order valence-corrected chi connectivity index (χ4v) is 1.84. The first-order chi connectivity index (χ1) is 7.91. The lowest BCUT2D eigenvalue weighted by Gasteiger charge is -2.29. The van der Waals surface area contributed by atoms with Gasteiger partial charge < -0.3 is 20.6 Å². The number of nitrogens with one attached hydrogen (secondary N) is 2. The van der Waals surface area contributed by atoms with Crippen molar-refractivity contribution in [2.45, 2.75) is 32.2 Å². The van der Waals surface area contributed by atoms with Crippen molar-refractivity contribution in [3.8, 4) is 0 Å². The second-order valence-electron chi connectivity index (χ2n) is 4.98. The van der Waals surface area contributed by atoms with Gasteiger partial charge in [0, 0.05) is 25.2 Å². The van der Waals surface area contributed by atoms with Crippen LogP contribution in [0, 0.1) is 0 Å². The summed E-state index contributed by atoms with van der Waals surface area (Å²) in [5.41, 5.74) is -0.720. The van der Waals surface area contributed by atoms with Gasteiger partial charge in [-0.25, -0.2) is 4.79 Å². The molecule has 0 atom stereocenters. The fourth-order valence-electron chi connectivity index (χ4n) is 1.84. The molecule has 0 aliphatic carbocycles. The molecule has 1 aliphatic rings. The molecule has 98 valence electrons. The molecule has 0 saturated carbocycles. The second-order valence-corrected chi connectivity index (χ2v) is 4.98. The Hall–Kier alpha value is -1.30. The summed E-state index contributed by atoms with van der Waals surface area (Å²) in [7, 11) is 0. The molecule has 3 N–H and O–H groups in total. The van der Waals surface area contributed by atoms with E-state index in [1.165, 1.54) is 0 Å². The molecule has 1 rings (SSSR count). The molecule has 0 bridgehead atoms. The van der Waals surface area contributed by atoms with Gasteiger partial charge in [0.2, 0.25) is 0 Å².